The van der Waals surface area contributed by atoms with Gasteiger partial charge in [-0.15, -0.1) is 0 Å². The van der Waals surface area contributed by atoms with Crippen LogP contribution in [0.4, 0.5) is 0 Å². The molecule has 4 aromatic carbocycles. The van der Waals surface area contributed by atoms with E-state index in [1.54, 1.807) is 0 Å². The molecule has 0 unspecified atom stereocenters. The van der Waals surface area contributed by atoms with E-state index in [0.717, 1.165) is 23.2 Å². The first-order chi connectivity index (χ1) is 16.3. The largest absolute Gasteiger partial charge is 0.408 e. The van der Waals surface area contributed by atoms with Crippen LogP contribution in [0.15, 0.2) is 133 Å². The summed E-state index contributed by atoms with van der Waals surface area (Å²) >= 11 is 0. The monoisotopic (exact) mass is 448 g/mol. The Balaban J connectivity index is 1.58. The van der Waals surface area contributed by atoms with Gasteiger partial charge in [0, 0.05) is 12.8 Å². The van der Waals surface area contributed by atoms with Crippen LogP contribution in [0, 0.1) is 0 Å². The van der Waals surface area contributed by atoms with Crippen LogP contribution in [0.2, 0.25) is 0 Å². The van der Waals surface area contributed by atoms with E-state index >= 15 is 0 Å². The highest BCUT2D eigenvalue weighted by molar-refractivity contribution is 6.92. The second-order valence-electron chi connectivity index (χ2n) is 8.43. The summed E-state index contributed by atoms with van der Waals surface area (Å²) in [4.78, 5) is 0. The zero-order chi connectivity index (χ0) is 22.3. The summed E-state index contributed by atoms with van der Waals surface area (Å²) in [6, 6.07) is 42.2. The summed E-state index contributed by atoms with van der Waals surface area (Å²) in [6.45, 7) is 0. The minimum absolute atomic E-state index is 0.0692. The molecule has 5 rings (SSSR count). The van der Waals surface area contributed by atoms with Crippen molar-refractivity contribution < 1.29 is 8.85 Å². The Kier molecular flexibility index (Phi) is 6.63. The van der Waals surface area contributed by atoms with Gasteiger partial charge in [-0.3, -0.25) is 0 Å². The average molecular weight is 449 g/mol. The van der Waals surface area contributed by atoms with Gasteiger partial charge in [-0.25, -0.2) is 0 Å². The highest BCUT2D eigenvalue weighted by atomic mass is 28.4. The second-order valence-corrected chi connectivity index (χ2v) is 11.3. The Labute approximate surface area is 197 Å². The topological polar surface area (TPSA) is 18.5 Å². The fraction of sp³-hybridized carbons (Fsp3) is 0.133. The average Bonchev–Trinajstić information content (AvgIpc) is 3.07. The van der Waals surface area contributed by atoms with Crippen molar-refractivity contribution in [2.45, 2.75) is 25.0 Å². The van der Waals surface area contributed by atoms with E-state index < -0.39 is 8.56 Å². The van der Waals surface area contributed by atoms with Gasteiger partial charge in [-0.1, -0.05) is 133 Å². The van der Waals surface area contributed by atoms with Crippen molar-refractivity contribution in [3.8, 4) is 0 Å². The van der Waals surface area contributed by atoms with Gasteiger partial charge in [0.1, 0.15) is 0 Å². The molecule has 33 heavy (non-hydrogen) atoms. The number of rotatable bonds is 6. The Bertz CT molecular complexity index is 1070. The predicted molar refractivity (Wildman–Crippen MR) is 137 cm³/mol. The molecule has 1 aliphatic heterocycles. The molecule has 3 heteroatoms. The van der Waals surface area contributed by atoms with Crippen molar-refractivity contribution >= 4 is 18.9 Å². The van der Waals surface area contributed by atoms with Gasteiger partial charge >= 0.3 is 8.56 Å². The third kappa shape index (κ3) is 5.06. The zero-order valence-electron chi connectivity index (χ0n) is 18.6. The molecule has 4 aromatic rings. The molecule has 0 fully saturated rings. The molecule has 0 aliphatic carbocycles. The first kappa shape index (κ1) is 21.6. The van der Waals surface area contributed by atoms with E-state index in [9.17, 15) is 0 Å². The lowest BCUT2D eigenvalue weighted by Crippen LogP contribution is -2.65. The fourth-order valence-electron chi connectivity index (χ4n) is 4.45. The molecule has 0 bridgehead atoms. The molecule has 0 spiro atoms. The van der Waals surface area contributed by atoms with E-state index in [4.69, 9.17) is 8.85 Å². The molecular weight excluding hydrogens is 420 g/mol. The van der Waals surface area contributed by atoms with Crippen LogP contribution in [0.3, 0.4) is 0 Å². The molecule has 0 saturated carbocycles. The van der Waals surface area contributed by atoms with Crippen LogP contribution in [0.1, 0.15) is 11.1 Å². The summed E-state index contributed by atoms with van der Waals surface area (Å²) in [5.41, 5.74) is 2.52. The summed E-state index contributed by atoms with van der Waals surface area (Å²) in [5, 5.41) is 2.27. The first-order valence-corrected chi connectivity index (χ1v) is 13.4. The van der Waals surface area contributed by atoms with Crippen molar-refractivity contribution in [3.63, 3.8) is 0 Å². The van der Waals surface area contributed by atoms with Gasteiger partial charge in [0.15, 0.2) is 0 Å². The van der Waals surface area contributed by atoms with Crippen molar-refractivity contribution in [1.82, 2.24) is 0 Å². The van der Waals surface area contributed by atoms with Crippen molar-refractivity contribution in [2.75, 3.05) is 0 Å². The molecule has 164 valence electrons. The van der Waals surface area contributed by atoms with E-state index in [0.29, 0.717) is 0 Å². The number of hydrogen-bond donors (Lipinski definition) is 0. The van der Waals surface area contributed by atoms with E-state index in [-0.39, 0.29) is 12.2 Å². The lowest BCUT2D eigenvalue weighted by Gasteiger charge is -2.35. The third-order valence-corrected chi connectivity index (χ3v) is 9.50. The van der Waals surface area contributed by atoms with Crippen LogP contribution < -0.4 is 10.4 Å². The van der Waals surface area contributed by atoms with Crippen LogP contribution in [-0.4, -0.2) is 20.8 Å². The Morgan fingerprint density at radius 1 is 0.455 bits per heavy atom. The zero-order valence-corrected chi connectivity index (χ0v) is 19.6. The van der Waals surface area contributed by atoms with Gasteiger partial charge in [0.05, 0.1) is 12.2 Å². The molecule has 0 amide bonds. The van der Waals surface area contributed by atoms with Crippen LogP contribution in [-0.2, 0) is 21.7 Å². The standard InChI is InChI=1S/C30H28O2Si/c1-5-13-25(14-6-1)23-27-21-22-28(24-26-15-7-2-8-16-26)32-33(31-27,29-17-9-3-10-18-29)30-19-11-4-12-20-30/h1-22,27-28H,23-24H2/t27-,28-/m1/s1. The normalized spacial score (nSPS) is 19.6. The highest BCUT2D eigenvalue weighted by Gasteiger charge is 2.47. The summed E-state index contributed by atoms with van der Waals surface area (Å²) in [7, 11) is -2.98. The van der Waals surface area contributed by atoms with Crippen LogP contribution in [0.5, 0.6) is 0 Å². The van der Waals surface area contributed by atoms with Crippen LogP contribution >= 0.6 is 0 Å². The predicted octanol–water partition coefficient (Wildman–Crippen LogP) is 5.07. The molecule has 2 atom stereocenters. The number of hydrogen-bond acceptors (Lipinski definition) is 2. The van der Waals surface area contributed by atoms with E-state index in [1.165, 1.54) is 11.1 Å². The van der Waals surface area contributed by atoms with Crippen LogP contribution in [0.25, 0.3) is 0 Å². The Morgan fingerprint density at radius 3 is 1.15 bits per heavy atom. The van der Waals surface area contributed by atoms with Gasteiger partial charge in [0.2, 0.25) is 0 Å². The van der Waals surface area contributed by atoms with E-state index in [1.807, 2.05) is 0 Å². The molecule has 0 radical (unpaired) electrons. The maximum Gasteiger partial charge on any atom is 0.408 e. The minimum Gasteiger partial charge on any atom is -0.381 e. The fourth-order valence-corrected chi connectivity index (χ4v) is 7.82. The lowest BCUT2D eigenvalue weighted by atomic mass is 10.0. The summed E-state index contributed by atoms with van der Waals surface area (Å²) < 4.78 is 14.1. The molecule has 1 aliphatic rings. The van der Waals surface area contributed by atoms with Crippen molar-refractivity contribution in [3.05, 3.63) is 145 Å². The first-order valence-electron chi connectivity index (χ1n) is 11.5. The maximum atomic E-state index is 7.07. The SMILES string of the molecule is C1=C[C@H](Cc2ccccc2)O[Si](c2ccccc2)(c2ccccc2)O[C@H]1Cc1ccccc1. The van der Waals surface area contributed by atoms with Gasteiger partial charge in [0.25, 0.3) is 0 Å². The molecule has 1 heterocycles. The summed E-state index contributed by atoms with van der Waals surface area (Å²) in [5.74, 6) is 0. The lowest BCUT2D eigenvalue weighted by molar-refractivity contribution is 0.146. The van der Waals surface area contributed by atoms with Crippen molar-refractivity contribution in [1.29, 1.82) is 0 Å². The number of benzene rings is 4. The maximum absolute atomic E-state index is 7.07. The quantitative estimate of drug-likeness (QED) is 0.303. The third-order valence-electron chi connectivity index (χ3n) is 6.04. The van der Waals surface area contributed by atoms with Crippen molar-refractivity contribution in [2.24, 2.45) is 0 Å². The highest BCUT2D eigenvalue weighted by Crippen LogP contribution is 2.24. The molecule has 2 nitrogen and oxygen atoms in total. The minimum atomic E-state index is -2.98. The Hall–Kier alpha value is -3.24. The second kappa shape index (κ2) is 10.1. The summed E-state index contributed by atoms with van der Waals surface area (Å²) in [6.07, 6.45) is 5.91. The Morgan fingerprint density at radius 2 is 0.788 bits per heavy atom. The van der Waals surface area contributed by atoms with E-state index in [2.05, 4.69) is 133 Å². The van der Waals surface area contributed by atoms with Gasteiger partial charge < -0.3 is 8.85 Å². The molecule has 0 aromatic heterocycles. The molecule has 0 N–H and O–H groups in total. The molecule has 0 saturated heterocycles. The molecular formula is C30H28O2Si. The smallest absolute Gasteiger partial charge is 0.381 e. The van der Waals surface area contributed by atoms with Gasteiger partial charge in [-0.05, 0) is 21.5 Å². The van der Waals surface area contributed by atoms with Gasteiger partial charge in [-0.2, -0.15) is 0 Å².